The van der Waals surface area contributed by atoms with Crippen molar-refractivity contribution in [3.63, 3.8) is 0 Å². The van der Waals surface area contributed by atoms with Crippen LogP contribution in [0.1, 0.15) is 33.3 Å². The van der Waals surface area contributed by atoms with Crippen LogP contribution < -0.4 is 10.1 Å². The summed E-state index contributed by atoms with van der Waals surface area (Å²) >= 11 is 3.92. The molecule has 1 fully saturated rings. The summed E-state index contributed by atoms with van der Waals surface area (Å²) < 4.78 is 18.8. The van der Waals surface area contributed by atoms with E-state index in [0.717, 1.165) is 12.8 Å². The summed E-state index contributed by atoms with van der Waals surface area (Å²) in [5.74, 6) is 2.75. The highest BCUT2D eigenvalue weighted by Crippen LogP contribution is 2.45. The number of carbonyl (C=O) groups excluding carboxylic acids is 1. The first-order valence-electron chi connectivity index (χ1n) is 8.72. The Balaban J connectivity index is 1.33. The Morgan fingerprint density at radius 1 is 1.04 bits per heavy atom. The third kappa shape index (κ3) is 5.68. The van der Waals surface area contributed by atoms with E-state index in [1.165, 1.54) is 29.2 Å². The molecule has 3 rings (SSSR count). The van der Waals surface area contributed by atoms with Gasteiger partial charge in [0.1, 0.15) is 11.6 Å². The maximum absolute atomic E-state index is 12.8. The quantitative estimate of drug-likeness (QED) is 0.650. The number of hydrogen-bond donors (Lipinski definition) is 1. The van der Waals surface area contributed by atoms with Crippen LogP contribution in [0.3, 0.4) is 0 Å². The molecule has 1 N–H and O–H groups in total. The minimum atomic E-state index is -0.270. The molecular formula is C20H22FNO2S2. The number of nitrogens with one attached hydrogen (secondary N) is 1. The van der Waals surface area contributed by atoms with Crippen molar-refractivity contribution in [3.8, 4) is 5.75 Å². The fraction of sp³-hybridized carbons (Fsp3) is 0.350. The van der Waals surface area contributed by atoms with Gasteiger partial charge in [0.05, 0.1) is 11.2 Å². The summed E-state index contributed by atoms with van der Waals surface area (Å²) in [7, 11) is 0. The zero-order chi connectivity index (χ0) is 18.2. The lowest BCUT2D eigenvalue weighted by Crippen LogP contribution is -2.24. The van der Waals surface area contributed by atoms with Gasteiger partial charge in [0.15, 0.2) is 0 Å². The average Bonchev–Trinajstić information content (AvgIpc) is 3.21. The molecule has 1 saturated heterocycles. The minimum absolute atomic E-state index is 0.0391. The maximum Gasteiger partial charge on any atom is 0.251 e. The largest absolute Gasteiger partial charge is 0.494 e. The molecule has 0 aliphatic carbocycles. The van der Waals surface area contributed by atoms with Crippen LogP contribution in [-0.4, -0.2) is 30.6 Å². The molecule has 0 radical (unpaired) electrons. The van der Waals surface area contributed by atoms with Crippen LogP contribution in [-0.2, 0) is 0 Å². The van der Waals surface area contributed by atoms with Gasteiger partial charge < -0.3 is 10.1 Å². The van der Waals surface area contributed by atoms with Gasteiger partial charge in [-0.25, -0.2) is 4.39 Å². The van der Waals surface area contributed by atoms with E-state index in [4.69, 9.17) is 4.74 Å². The van der Waals surface area contributed by atoms with Gasteiger partial charge >= 0.3 is 0 Å². The van der Waals surface area contributed by atoms with Crippen molar-refractivity contribution >= 4 is 29.4 Å². The fourth-order valence-electron chi connectivity index (χ4n) is 2.59. The number of hydrogen-bond acceptors (Lipinski definition) is 4. The van der Waals surface area contributed by atoms with Crippen LogP contribution in [0.5, 0.6) is 5.75 Å². The molecule has 1 heterocycles. The highest BCUT2D eigenvalue weighted by molar-refractivity contribution is 8.19. The van der Waals surface area contributed by atoms with E-state index in [-0.39, 0.29) is 11.7 Å². The van der Waals surface area contributed by atoms with Crippen LogP contribution in [0, 0.1) is 5.82 Å². The summed E-state index contributed by atoms with van der Waals surface area (Å²) in [6, 6.07) is 13.9. The Bertz CT molecular complexity index is 701. The molecule has 1 aliphatic rings. The van der Waals surface area contributed by atoms with Crippen molar-refractivity contribution in [2.45, 2.75) is 17.4 Å². The predicted octanol–water partition coefficient (Wildman–Crippen LogP) is 4.89. The van der Waals surface area contributed by atoms with Crippen LogP contribution in [0.4, 0.5) is 4.39 Å². The first-order valence-corrected chi connectivity index (χ1v) is 10.8. The van der Waals surface area contributed by atoms with Gasteiger partial charge in [-0.2, -0.15) is 0 Å². The van der Waals surface area contributed by atoms with E-state index in [0.29, 0.717) is 29.0 Å². The maximum atomic E-state index is 12.8. The fourth-order valence-corrected chi connectivity index (χ4v) is 5.45. The lowest BCUT2D eigenvalue weighted by atomic mass is 10.1. The topological polar surface area (TPSA) is 38.3 Å². The Labute approximate surface area is 162 Å². The van der Waals surface area contributed by atoms with E-state index >= 15 is 0 Å². The lowest BCUT2D eigenvalue weighted by molar-refractivity contribution is 0.0952. The Kier molecular flexibility index (Phi) is 7.26. The second-order valence-corrected chi connectivity index (χ2v) is 8.69. The number of amides is 1. The van der Waals surface area contributed by atoms with E-state index in [2.05, 4.69) is 17.4 Å². The van der Waals surface area contributed by atoms with E-state index in [1.54, 1.807) is 12.1 Å². The molecule has 0 saturated carbocycles. The van der Waals surface area contributed by atoms with Crippen LogP contribution in [0.25, 0.3) is 0 Å². The zero-order valence-electron chi connectivity index (χ0n) is 14.4. The average molecular weight is 392 g/mol. The van der Waals surface area contributed by atoms with Gasteiger partial charge in [-0.3, -0.25) is 4.79 Å². The summed E-state index contributed by atoms with van der Waals surface area (Å²) in [6.07, 6.45) is 1.66. The number of thioether (sulfide) groups is 2. The van der Waals surface area contributed by atoms with Crippen molar-refractivity contribution in [2.24, 2.45) is 0 Å². The molecule has 1 amide bonds. The number of carbonyl (C=O) groups is 1. The molecule has 26 heavy (non-hydrogen) atoms. The van der Waals surface area contributed by atoms with Crippen molar-refractivity contribution < 1.29 is 13.9 Å². The monoisotopic (exact) mass is 391 g/mol. The van der Waals surface area contributed by atoms with Gasteiger partial charge in [0.2, 0.25) is 0 Å². The standard InChI is InChI=1S/C20H22FNO2S2/c21-17-7-9-18(10-8-17)24-12-2-1-11-22-19(23)15-3-5-16(6-4-15)20-25-13-14-26-20/h3-10,20H,1-2,11-14H2,(H,22,23). The van der Waals surface area contributed by atoms with Gasteiger partial charge in [-0.1, -0.05) is 12.1 Å². The number of halogens is 1. The number of benzene rings is 2. The zero-order valence-corrected chi connectivity index (χ0v) is 16.1. The second-order valence-electron chi connectivity index (χ2n) is 5.96. The third-order valence-electron chi connectivity index (χ3n) is 4.01. The highest BCUT2D eigenvalue weighted by atomic mass is 32.2. The smallest absolute Gasteiger partial charge is 0.251 e. The summed E-state index contributed by atoms with van der Waals surface area (Å²) in [5.41, 5.74) is 1.98. The molecular weight excluding hydrogens is 369 g/mol. The summed E-state index contributed by atoms with van der Waals surface area (Å²) in [6.45, 7) is 1.16. The summed E-state index contributed by atoms with van der Waals surface area (Å²) in [4.78, 5) is 12.2. The van der Waals surface area contributed by atoms with Crippen molar-refractivity contribution in [3.05, 3.63) is 65.5 Å². The van der Waals surface area contributed by atoms with Crippen molar-refractivity contribution in [1.29, 1.82) is 0 Å². The molecule has 3 nitrogen and oxygen atoms in total. The molecule has 6 heteroatoms. The van der Waals surface area contributed by atoms with Gasteiger partial charge in [0, 0.05) is 23.6 Å². The van der Waals surface area contributed by atoms with Gasteiger partial charge in [-0.05, 0) is 54.8 Å². The minimum Gasteiger partial charge on any atom is -0.494 e. The molecule has 2 aromatic rings. The number of ether oxygens (including phenoxy) is 1. The van der Waals surface area contributed by atoms with Crippen molar-refractivity contribution in [2.75, 3.05) is 24.7 Å². The van der Waals surface area contributed by atoms with Crippen LogP contribution >= 0.6 is 23.5 Å². The second kappa shape index (κ2) is 9.88. The van der Waals surface area contributed by atoms with Crippen molar-refractivity contribution in [1.82, 2.24) is 5.32 Å². The molecule has 0 spiro atoms. The molecule has 0 bridgehead atoms. The molecule has 0 atom stereocenters. The predicted molar refractivity (Wildman–Crippen MR) is 108 cm³/mol. The number of rotatable bonds is 8. The van der Waals surface area contributed by atoms with E-state index < -0.39 is 0 Å². The molecule has 2 aromatic carbocycles. The first kappa shape index (κ1) is 19.1. The van der Waals surface area contributed by atoms with Crippen LogP contribution in [0.15, 0.2) is 48.5 Å². The van der Waals surface area contributed by atoms with Crippen LogP contribution in [0.2, 0.25) is 0 Å². The van der Waals surface area contributed by atoms with Gasteiger partial charge in [0.25, 0.3) is 5.91 Å². The Hall–Kier alpha value is -1.66. The van der Waals surface area contributed by atoms with E-state index in [9.17, 15) is 9.18 Å². The molecule has 138 valence electrons. The van der Waals surface area contributed by atoms with E-state index in [1.807, 2.05) is 35.7 Å². The molecule has 0 unspecified atom stereocenters. The Morgan fingerprint density at radius 2 is 1.73 bits per heavy atom. The van der Waals surface area contributed by atoms with Gasteiger partial charge in [-0.15, -0.1) is 23.5 Å². The number of unbranched alkanes of at least 4 members (excludes halogenated alkanes) is 1. The SMILES string of the molecule is O=C(NCCCCOc1ccc(F)cc1)c1ccc(C2SCCS2)cc1. The molecule has 1 aliphatic heterocycles. The first-order chi connectivity index (χ1) is 12.7. The normalized spacial score (nSPS) is 14.3. The lowest BCUT2D eigenvalue weighted by Gasteiger charge is -2.10. The molecule has 0 aromatic heterocycles. The highest BCUT2D eigenvalue weighted by Gasteiger charge is 2.18. The summed E-state index contributed by atoms with van der Waals surface area (Å²) in [5, 5.41) is 2.94. The third-order valence-corrected chi connectivity index (χ3v) is 7.11. The Morgan fingerprint density at radius 3 is 2.42 bits per heavy atom.